The lowest BCUT2D eigenvalue weighted by molar-refractivity contribution is 0.0779. The van der Waals surface area contributed by atoms with E-state index in [9.17, 15) is 4.79 Å². The van der Waals surface area contributed by atoms with Crippen molar-refractivity contribution in [3.05, 3.63) is 59.4 Å². The minimum Gasteiger partial charge on any atom is -0.360 e. The number of carbonyl (C=O) groups is 1. The number of aromatic nitrogens is 3. The molecule has 5 heterocycles. The van der Waals surface area contributed by atoms with Crippen molar-refractivity contribution < 1.29 is 9.32 Å². The van der Waals surface area contributed by atoms with Gasteiger partial charge in [-0.25, -0.2) is 4.98 Å². The van der Waals surface area contributed by atoms with Crippen molar-refractivity contribution in [1.29, 1.82) is 0 Å². The predicted octanol–water partition coefficient (Wildman–Crippen LogP) is 4.09. The highest BCUT2D eigenvalue weighted by Gasteiger charge is 2.52. The fourth-order valence-corrected chi connectivity index (χ4v) is 5.57. The third-order valence-electron chi connectivity index (χ3n) is 7.32. The van der Waals surface area contributed by atoms with Gasteiger partial charge >= 0.3 is 0 Å². The maximum absolute atomic E-state index is 13.7. The molecular formula is C25H29N5O2. The van der Waals surface area contributed by atoms with Crippen molar-refractivity contribution in [2.24, 2.45) is 5.92 Å². The topological polar surface area (TPSA) is 67.4 Å². The molecule has 7 nitrogen and oxygen atoms in total. The molecule has 3 aliphatic rings. The molecule has 1 unspecified atom stereocenters. The number of fused-ring (bicyclic) bond motifs is 4. The van der Waals surface area contributed by atoms with E-state index in [1.54, 1.807) is 0 Å². The molecule has 2 fully saturated rings. The van der Waals surface area contributed by atoms with Crippen LogP contribution in [0.3, 0.4) is 0 Å². The molecule has 7 heteroatoms. The molecule has 3 aromatic heterocycles. The summed E-state index contributed by atoms with van der Waals surface area (Å²) in [5.41, 5.74) is 3.51. The monoisotopic (exact) mass is 431 g/mol. The van der Waals surface area contributed by atoms with Gasteiger partial charge in [0.1, 0.15) is 16.9 Å². The van der Waals surface area contributed by atoms with Crippen LogP contribution in [0.15, 0.2) is 41.2 Å². The van der Waals surface area contributed by atoms with Crippen molar-refractivity contribution in [2.45, 2.75) is 51.5 Å². The average molecular weight is 432 g/mol. The third kappa shape index (κ3) is 2.83. The number of hydrogen-bond acceptors (Lipinski definition) is 5. The Balaban J connectivity index is 1.40. The van der Waals surface area contributed by atoms with Crippen LogP contribution in [-0.4, -0.2) is 45.1 Å². The fraction of sp³-hybridized carbons (Fsp3) is 0.480. The molecule has 0 aromatic carbocycles. The lowest BCUT2D eigenvalue weighted by Crippen LogP contribution is -2.53. The summed E-state index contributed by atoms with van der Waals surface area (Å²) in [5, 5.41) is 4.11. The average Bonchev–Trinajstić information content (AvgIpc) is 3.16. The lowest BCUT2D eigenvalue weighted by Gasteiger charge is -2.47. The molecule has 1 saturated heterocycles. The molecule has 1 spiro atoms. The number of rotatable bonds is 5. The Morgan fingerprint density at radius 3 is 2.97 bits per heavy atom. The van der Waals surface area contributed by atoms with Gasteiger partial charge in [-0.3, -0.25) is 4.79 Å². The Hall–Kier alpha value is -3.09. The van der Waals surface area contributed by atoms with E-state index in [0.717, 1.165) is 44.1 Å². The van der Waals surface area contributed by atoms with E-state index in [-0.39, 0.29) is 11.4 Å². The Morgan fingerprint density at radius 1 is 1.28 bits per heavy atom. The summed E-state index contributed by atoms with van der Waals surface area (Å²) in [6, 6.07) is 8.52. The van der Waals surface area contributed by atoms with Gasteiger partial charge in [-0.1, -0.05) is 12.1 Å². The first-order valence-electron chi connectivity index (χ1n) is 11.8. The molecule has 1 atom stereocenters. The number of pyridine rings is 1. The van der Waals surface area contributed by atoms with Crippen LogP contribution in [0.1, 0.15) is 60.1 Å². The second-order valence-electron chi connectivity index (χ2n) is 9.49. The number of anilines is 1. The van der Waals surface area contributed by atoms with Crippen LogP contribution < -0.4 is 4.90 Å². The van der Waals surface area contributed by atoms with Gasteiger partial charge in [-0.05, 0) is 62.8 Å². The first-order valence-corrected chi connectivity index (χ1v) is 11.8. The van der Waals surface area contributed by atoms with Crippen LogP contribution in [0.5, 0.6) is 0 Å². The quantitative estimate of drug-likeness (QED) is 0.609. The maximum atomic E-state index is 13.7. The van der Waals surface area contributed by atoms with E-state index in [1.165, 1.54) is 24.2 Å². The van der Waals surface area contributed by atoms with E-state index < -0.39 is 0 Å². The Kier molecular flexibility index (Phi) is 4.42. The second-order valence-corrected chi connectivity index (χ2v) is 9.49. The van der Waals surface area contributed by atoms with E-state index in [2.05, 4.69) is 45.9 Å². The van der Waals surface area contributed by atoms with Crippen molar-refractivity contribution in [3.63, 3.8) is 0 Å². The molecule has 0 radical (unpaired) electrons. The largest absolute Gasteiger partial charge is 0.360 e. The summed E-state index contributed by atoms with van der Waals surface area (Å²) < 4.78 is 7.73. The first kappa shape index (κ1) is 19.6. The number of likely N-dealkylation sites (tertiary alicyclic amines) is 1. The molecule has 1 amide bonds. The van der Waals surface area contributed by atoms with Crippen molar-refractivity contribution in [1.82, 2.24) is 19.6 Å². The van der Waals surface area contributed by atoms with Gasteiger partial charge in [0.15, 0.2) is 5.82 Å². The van der Waals surface area contributed by atoms with Crippen LogP contribution in [0.2, 0.25) is 0 Å². The zero-order valence-electron chi connectivity index (χ0n) is 18.8. The minimum atomic E-state index is -0.242. The zero-order valence-corrected chi connectivity index (χ0v) is 18.8. The fourth-order valence-electron chi connectivity index (χ4n) is 5.57. The normalized spacial score (nSPS) is 21.8. The van der Waals surface area contributed by atoms with Gasteiger partial charge in [-0.2, -0.15) is 0 Å². The standard InChI is InChI=1S/C25H29N5O2/c1-3-6-20-22(17(2)27-32-20)24(31)28-14-11-25(16-28)21-8-5-13-29(21)23-19(7-4-12-26-23)30(25)15-18-9-10-18/h4-5,7-8,12-13,18H,3,6,9-11,14-16H2,1-2H3. The summed E-state index contributed by atoms with van der Waals surface area (Å²) in [6.07, 6.45) is 9.09. The number of amides is 1. The highest BCUT2D eigenvalue weighted by atomic mass is 16.5. The van der Waals surface area contributed by atoms with E-state index in [1.807, 2.05) is 24.1 Å². The van der Waals surface area contributed by atoms with Crippen LogP contribution in [0.4, 0.5) is 5.69 Å². The Morgan fingerprint density at radius 2 is 2.16 bits per heavy atom. The summed E-state index contributed by atoms with van der Waals surface area (Å²) in [7, 11) is 0. The van der Waals surface area contributed by atoms with Gasteiger partial charge in [-0.15, -0.1) is 0 Å². The van der Waals surface area contributed by atoms with E-state index in [0.29, 0.717) is 23.6 Å². The molecule has 166 valence electrons. The highest BCUT2D eigenvalue weighted by Crippen LogP contribution is 2.49. The van der Waals surface area contributed by atoms with Crippen LogP contribution >= 0.6 is 0 Å². The predicted molar refractivity (Wildman–Crippen MR) is 121 cm³/mol. The molecular weight excluding hydrogens is 402 g/mol. The molecule has 0 bridgehead atoms. The van der Waals surface area contributed by atoms with Crippen molar-refractivity contribution >= 4 is 11.6 Å². The second kappa shape index (κ2) is 7.22. The number of aryl methyl sites for hydroxylation is 2. The summed E-state index contributed by atoms with van der Waals surface area (Å²) >= 11 is 0. The Bertz CT molecular complexity index is 1180. The summed E-state index contributed by atoms with van der Waals surface area (Å²) in [6.45, 7) is 6.35. The number of nitrogens with zero attached hydrogens (tertiary/aromatic N) is 5. The van der Waals surface area contributed by atoms with Crippen LogP contribution in [-0.2, 0) is 12.0 Å². The molecule has 1 saturated carbocycles. The van der Waals surface area contributed by atoms with Gasteiger partial charge in [0.05, 0.1) is 17.1 Å². The van der Waals surface area contributed by atoms with Gasteiger partial charge < -0.3 is 18.9 Å². The highest BCUT2D eigenvalue weighted by molar-refractivity contribution is 5.96. The van der Waals surface area contributed by atoms with E-state index >= 15 is 0 Å². The molecule has 1 aliphatic carbocycles. The van der Waals surface area contributed by atoms with Crippen LogP contribution in [0, 0.1) is 12.8 Å². The summed E-state index contributed by atoms with van der Waals surface area (Å²) in [5.74, 6) is 2.48. The SMILES string of the molecule is CCCc1onc(C)c1C(=O)N1CCC2(C1)c1cccn1-c1ncccc1N2CC1CC1. The zero-order chi connectivity index (χ0) is 21.9. The van der Waals surface area contributed by atoms with Gasteiger partial charge in [0, 0.05) is 38.4 Å². The van der Waals surface area contributed by atoms with Crippen LogP contribution in [0.25, 0.3) is 5.82 Å². The minimum absolute atomic E-state index is 0.0468. The maximum Gasteiger partial charge on any atom is 0.259 e. The molecule has 32 heavy (non-hydrogen) atoms. The smallest absolute Gasteiger partial charge is 0.259 e. The lowest BCUT2D eigenvalue weighted by atomic mass is 9.88. The summed E-state index contributed by atoms with van der Waals surface area (Å²) in [4.78, 5) is 23.0. The first-order chi connectivity index (χ1) is 15.6. The molecule has 2 aliphatic heterocycles. The number of hydrogen-bond donors (Lipinski definition) is 0. The molecule has 0 N–H and O–H groups in total. The Labute approximate surface area is 188 Å². The van der Waals surface area contributed by atoms with E-state index in [4.69, 9.17) is 9.51 Å². The van der Waals surface area contributed by atoms with Gasteiger partial charge in [0.2, 0.25) is 0 Å². The van der Waals surface area contributed by atoms with Crippen molar-refractivity contribution in [3.8, 4) is 5.82 Å². The molecule has 6 rings (SSSR count). The molecule has 3 aromatic rings. The van der Waals surface area contributed by atoms with Crippen molar-refractivity contribution in [2.75, 3.05) is 24.5 Å². The van der Waals surface area contributed by atoms with Gasteiger partial charge in [0.25, 0.3) is 5.91 Å². The number of carbonyl (C=O) groups excluding carboxylic acids is 1. The third-order valence-corrected chi connectivity index (χ3v) is 7.32.